The summed E-state index contributed by atoms with van der Waals surface area (Å²) in [5.41, 5.74) is 0.958. The van der Waals surface area contributed by atoms with E-state index in [9.17, 15) is 5.11 Å². The van der Waals surface area contributed by atoms with E-state index in [4.69, 9.17) is 4.52 Å². The van der Waals surface area contributed by atoms with Crippen LogP contribution in [0.15, 0.2) is 51.3 Å². The van der Waals surface area contributed by atoms with Crippen molar-refractivity contribution in [2.24, 2.45) is 4.99 Å². The predicted molar refractivity (Wildman–Crippen MR) is 120 cm³/mol. The fourth-order valence-electron chi connectivity index (χ4n) is 2.94. The van der Waals surface area contributed by atoms with E-state index in [2.05, 4.69) is 32.7 Å². The van der Waals surface area contributed by atoms with Gasteiger partial charge in [0.25, 0.3) is 5.89 Å². The predicted octanol–water partition coefficient (Wildman–Crippen LogP) is 3.71. The molecule has 0 bridgehead atoms. The minimum absolute atomic E-state index is 0.363. The molecule has 3 N–H and O–H groups in total. The number of thiophene rings is 1. The molecule has 0 aliphatic rings. The summed E-state index contributed by atoms with van der Waals surface area (Å²) < 4.78 is 5.39. The lowest BCUT2D eigenvalue weighted by molar-refractivity contribution is 0.0655. The molecule has 3 rings (SSSR count). The smallest absolute Gasteiger partial charge is 0.257 e. The molecule has 0 saturated heterocycles. The van der Waals surface area contributed by atoms with Crippen LogP contribution in [-0.4, -0.2) is 34.3 Å². The Kier molecular flexibility index (Phi) is 7.59. The fraction of sp³-hybridized carbons (Fsp3) is 0.409. The van der Waals surface area contributed by atoms with Crippen LogP contribution in [0.1, 0.15) is 43.5 Å². The van der Waals surface area contributed by atoms with E-state index in [1.807, 2.05) is 48.7 Å². The Hall–Kier alpha value is -2.71. The molecule has 160 valence electrons. The molecule has 1 atom stereocenters. The van der Waals surface area contributed by atoms with Gasteiger partial charge in [0.15, 0.2) is 11.8 Å². The Bertz CT molecular complexity index is 950. The second kappa shape index (κ2) is 10.4. The van der Waals surface area contributed by atoms with Crippen LogP contribution in [-0.2, 0) is 18.6 Å². The summed E-state index contributed by atoms with van der Waals surface area (Å²) in [5, 5.41) is 23.2. The van der Waals surface area contributed by atoms with Gasteiger partial charge in [-0.1, -0.05) is 30.3 Å². The van der Waals surface area contributed by atoms with Crippen molar-refractivity contribution in [3.63, 3.8) is 0 Å². The van der Waals surface area contributed by atoms with E-state index in [0.29, 0.717) is 24.9 Å². The van der Waals surface area contributed by atoms with Gasteiger partial charge in [-0.25, -0.2) is 4.99 Å². The molecule has 0 fully saturated rings. The Morgan fingerprint density at radius 1 is 1.23 bits per heavy atom. The topological polar surface area (TPSA) is 95.6 Å². The molecule has 0 aliphatic heterocycles. The van der Waals surface area contributed by atoms with Gasteiger partial charge < -0.3 is 20.3 Å². The van der Waals surface area contributed by atoms with Crippen molar-refractivity contribution in [3.8, 4) is 11.5 Å². The average molecular weight is 428 g/mol. The minimum atomic E-state index is -0.960. The molecule has 30 heavy (non-hydrogen) atoms. The Labute approximate surface area is 181 Å². The Balaban J connectivity index is 1.67. The van der Waals surface area contributed by atoms with Gasteiger partial charge >= 0.3 is 0 Å². The van der Waals surface area contributed by atoms with Gasteiger partial charge in [0.1, 0.15) is 5.60 Å². The van der Waals surface area contributed by atoms with Gasteiger partial charge in [0.05, 0.1) is 13.1 Å². The summed E-state index contributed by atoms with van der Waals surface area (Å²) in [6.07, 6.45) is 1.79. The SMILES string of the molecule is CCCc1noc(-c2cccc(CN=C(NCC)NCC(C)(O)c3cccs3)c2)n1. The molecule has 0 radical (unpaired) electrons. The van der Waals surface area contributed by atoms with E-state index in [1.54, 1.807) is 6.92 Å². The van der Waals surface area contributed by atoms with Crippen LogP contribution in [0.2, 0.25) is 0 Å². The normalized spacial score (nSPS) is 13.8. The van der Waals surface area contributed by atoms with Gasteiger partial charge in [-0.2, -0.15) is 4.98 Å². The second-order valence-electron chi connectivity index (χ2n) is 7.27. The van der Waals surface area contributed by atoms with Crippen LogP contribution < -0.4 is 10.6 Å². The van der Waals surface area contributed by atoms with Crippen molar-refractivity contribution in [1.29, 1.82) is 0 Å². The lowest BCUT2D eigenvalue weighted by Gasteiger charge is -2.23. The summed E-state index contributed by atoms with van der Waals surface area (Å²) in [5.74, 6) is 1.91. The van der Waals surface area contributed by atoms with Crippen LogP contribution in [0.4, 0.5) is 0 Å². The van der Waals surface area contributed by atoms with Crippen molar-refractivity contribution in [1.82, 2.24) is 20.8 Å². The van der Waals surface area contributed by atoms with Gasteiger partial charge in [0.2, 0.25) is 0 Å². The van der Waals surface area contributed by atoms with Crippen molar-refractivity contribution < 1.29 is 9.63 Å². The zero-order valence-electron chi connectivity index (χ0n) is 17.7. The highest BCUT2D eigenvalue weighted by Crippen LogP contribution is 2.24. The number of nitrogens with one attached hydrogen (secondary N) is 2. The number of aromatic nitrogens is 2. The molecule has 1 aromatic carbocycles. The van der Waals surface area contributed by atoms with Gasteiger partial charge in [-0.05, 0) is 49.4 Å². The summed E-state index contributed by atoms with van der Waals surface area (Å²) >= 11 is 1.54. The van der Waals surface area contributed by atoms with Crippen LogP contribution in [0.25, 0.3) is 11.5 Å². The van der Waals surface area contributed by atoms with E-state index < -0.39 is 5.60 Å². The maximum atomic E-state index is 10.7. The minimum Gasteiger partial charge on any atom is -0.383 e. The van der Waals surface area contributed by atoms with Crippen molar-refractivity contribution in [2.75, 3.05) is 13.1 Å². The standard InChI is InChI=1S/C22H29N5O2S/c1-4-8-19-26-20(29-27-19)17-10-6-9-16(13-17)14-24-21(23-5-2)25-15-22(3,28)18-11-7-12-30-18/h6-7,9-13,28H,4-5,8,14-15H2,1-3H3,(H2,23,24,25). The van der Waals surface area contributed by atoms with Crippen molar-refractivity contribution >= 4 is 17.3 Å². The number of guanidine groups is 1. The number of aliphatic hydroxyl groups is 1. The summed E-state index contributed by atoms with van der Waals surface area (Å²) in [7, 11) is 0. The highest BCUT2D eigenvalue weighted by molar-refractivity contribution is 7.10. The van der Waals surface area contributed by atoms with E-state index in [0.717, 1.165) is 41.2 Å². The first-order chi connectivity index (χ1) is 14.5. The first kappa shape index (κ1) is 22.0. The second-order valence-corrected chi connectivity index (χ2v) is 8.21. The number of rotatable bonds is 9. The van der Waals surface area contributed by atoms with Crippen molar-refractivity contribution in [2.45, 2.75) is 45.8 Å². The molecule has 1 unspecified atom stereocenters. The van der Waals surface area contributed by atoms with Gasteiger partial charge in [0, 0.05) is 23.4 Å². The molecule has 2 aromatic heterocycles. The number of nitrogens with zero attached hydrogens (tertiary/aromatic N) is 3. The summed E-state index contributed by atoms with van der Waals surface area (Å²) in [4.78, 5) is 10.0. The maximum absolute atomic E-state index is 10.7. The first-order valence-electron chi connectivity index (χ1n) is 10.2. The third-order valence-electron chi connectivity index (χ3n) is 4.53. The van der Waals surface area contributed by atoms with Crippen molar-refractivity contribution in [3.05, 3.63) is 58.0 Å². The summed E-state index contributed by atoms with van der Waals surface area (Å²) in [6, 6.07) is 11.8. The molecule has 3 aromatic rings. The zero-order chi connectivity index (χ0) is 21.4. The number of aliphatic imine (C=N–C) groups is 1. The molecular formula is C22H29N5O2S. The van der Waals surface area contributed by atoms with Crippen LogP contribution in [0, 0.1) is 0 Å². The number of aryl methyl sites for hydroxylation is 1. The lowest BCUT2D eigenvalue weighted by atomic mass is 10.1. The molecule has 7 nitrogen and oxygen atoms in total. The highest BCUT2D eigenvalue weighted by Gasteiger charge is 2.24. The molecular weight excluding hydrogens is 398 g/mol. The highest BCUT2D eigenvalue weighted by atomic mass is 32.1. The maximum Gasteiger partial charge on any atom is 0.257 e. The number of hydrogen-bond donors (Lipinski definition) is 3. The molecule has 2 heterocycles. The largest absolute Gasteiger partial charge is 0.383 e. The van der Waals surface area contributed by atoms with E-state index >= 15 is 0 Å². The number of benzene rings is 1. The fourth-order valence-corrected chi connectivity index (χ4v) is 3.73. The first-order valence-corrected chi connectivity index (χ1v) is 11.1. The zero-order valence-corrected chi connectivity index (χ0v) is 18.5. The molecule has 8 heteroatoms. The van der Waals surface area contributed by atoms with E-state index in [-0.39, 0.29) is 0 Å². The van der Waals surface area contributed by atoms with Gasteiger partial charge in [-0.15, -0.1) is 11.3 Å². The molecule has 0 spiro atoms. The van der Waals surface area contributed by atoms with Crippen LogP contribution in [0.3, 0.4) is 0 Å². The summed E-state index contributed by atoms with van der Waals surface area (Å²) in [6.45, 7) is 7.48. The molecule has 0 amide bonds. The van der Waals surface area contributed by atoms with E-state index in [1.165, 1.54) is 11.3 Å². The average Bonchev–Trinajstić information content (AvgIpc) is 3.43. The van der Waals surface area contributed by atoms with Gasteiger partial charge in [-0.3, -0.25) is 0 Å². The number of hydrogen-bond acceptors (Lipinski definition) is 6. The van der Waals surface area contributed by atoms with Crippen LogP contribution >= 0.6 is 11.3 Å². The Morgan fingerprint density at radius 3 is 2.83 bits per heavy atom. The Morgan fingerprint density at radius 2 is 2.10 bits per heavy atom. The quantitative estimate of drug-likeness (QED) is 0.356. The monoisotopic (exact) mass is 427 g/mol. The molecule has 0 saturated carbocycles. The molecule has 0 aliphatic carbocycles. The third-order valence-corrected chi connectivity index (χ3v) is 5.65. The van der Waals surface area contributed by atoms with Crippen LogP contribution in [0.5, 0.6) is 0 Å². The third kappa shape index (κ3) is 5.90. The lowest BCUT2D eigenvalue weighted by Crippen LogP contribution is -2.44.